The minimum absolute atomic E-state index is 0.0470. The molecular weight excluding hydrogens is 326 g/mol. The Morgan fingerprint density at radius 2 is 2.08 bits per heavy atom. The van der Waals surface area contributed by atoms with Crippen molar-refractivity contribution in [1.29, 1.82) is 0 Å². The molecule has 7 heteroatoms. The molecule has 0 radical (unpaired) electrons. The van der Waals surface area contributed by atoms with Crippen LogP contribution in [0.2, 0.25) is 0 Å². The summed E-state index contributed by atoms with van der Waals surface area (Å²) in [6.45, 7) is 4.99. The fourth-order valence-corrected chi connectivity index (χ4v) is 5.87. The molecule has 3 aliphatic rings. The molecular formula is C17H23N3O3S. The van der Waals surface area contributed by atoms with E-state index in [9.17, 15) is 13.2 Å². The molecule has 2 fully saturated rings. The van der Waals surface area contributed by atoms with Crippen molar-refractivity contribution in [1.82, 2.24) is 14.5 Å². The fraction of sp³-hybridized carbons (Fsp3) is 0.588. The lowest BCUT2D eigenvalue weighted by Gasteiger charge is -2.41. The molecule has 2 saturated heterocycles. The molecule has 0 aliphatic carbocycles. The zero-order chi connectivity index (χ0) is 16.9. The van der Waals surface area contributed by atoms with E-state index in [1.54, 1.807) is 22.5 Å². The van der Waals surface area contributed by atoms with Crippen molar-refractivity contribution in [3.8, 4) is 0 Å². The monoisotopic (exact) mass is 349 g/mol. The Balaban J connectivity index is 1.67. The highest BCUT2D eigenvalue weighted by Gasteiger charge is 2.40. The van der Waals surface area contributed by atoms with Gasteiger partial charge < -0.3 is 5.32 Å². The number of nitrogens with one attached hydrogen (secondary N) is 1. The summed E-state index contributed by atoms with van der Waals surface area (Å²) in [7, 11) is -3.58. The third kappa shape index (κ3) is 2.55. The molecule has 3 heterocycles. The first-order valence-corrected chi connectivity index (χ1v) is 10.1. The van der Waals surface area contributed by atoms with Gasteiger partial charge in [0, 0.05) is 37.3 Å². The second kappa shape index (κ2) is 5.82. The molecule has 2 atom stereocenters. The van der Waals surface area contributed by atoms with Gasteiger partial charge in [-0.2, -0.15) is 4.31 Å². The lowest BCUT2D eigenvalue weighted by molar-refractivity contribution is 0.0945. The summed E-state index contributed by atoms with van der Waals surface area (Å²) in [4.78, 5) is 14.7. The molecule has 130 valence electrons. The molecule has 0 unspecified atom stereocenters. The standard InChI is InChI=1S/C17H23N3O3S/c1-12-10-19-8-2-3-14(19)11-20(12)24(22,23)15-5-4-13-6-7-18-17(21)16(13)9-15/h4-5,9,12,14H,2-3,6-8,10-11H2,1H3,(H,18,21)/t12-,14-/m0/s1. The maximum absolute atomic E-state index is 13.2. The smallest absolute Gasteiger partial charge is 0.251 e. The predicted octanol–water partition coefficient (Wildman–Crippen LogP) is 0.830. The first-order chi connectivity index (χ1) is 11.5. The lowest BCUT2D eigenvalue weighted by Crippen LogP contribution is -2.56. The van der Waals surface area contributed by atoms with Crippen LogP contribution < -0.4 is 5.32 Å². The Bertz CT molecular complexity index is 777. The number of fused-ring (bicyclic) bond motifs is 2. The van der Waals surface area contributed by atoms with Crippen LogP contribution in [0.15, 0.2) is 23.1 Å². The number of hydrogen-bond donors (Lipinski definition) is 1. The maximum Gasteiger partial charge on any atom is 0.251 e. The van der Waals surface area contributed by atoms with E-state index in [1.807, 2.05) is 6.92 Å². The number of amides is 1. The third-order valence-corrected chi connectivity index (χ3v) is 7.47. The molecule has 4 rings (SSSR count). The van der Waals surface area contributed by atoms with Gasteiger partial charge in [-0.05, 0) is 50.4 Å². The van der Waals surface area contributed by atoms with Gasteiger partial charge in [-0.3, -0.25) is 9.69 Å². The average Bonchev–Trinajstić information content (AvgIpc) is 3.01. The summed E-state index contributed by atoms with van der Waals surface area (Å²) in [5.41, 5.74) is 1.42. The van der Waals surface area contributed by atoms with E-state index in [4.69, 9.17) is 0 Å². The first-order valence-electron chi connectivity index (χ1n) is 8.64. The topological polar surface area (TPSA) is 69.7 Å². The predicted molar refractivity (Wildman–Crippen MR) is 90.4 cm³/mol. The van der Waals surface area contributed by atoms with Gasteiger partial charge in [-0.1, -0.05) is 6.07 Å². The van der Waals surface area contributed by atoms with Crippen LogP contribution in [0.1, 0.15) is 35.7 Å². The van der Waals surface area contributed by atoms with Gasteiger partial charge in [0.25, 0.3) is 5.91 Å². The van der Waals surface area contributed by atoms with Gasteiger partial charge in [0.05, 0.1) is 4.90 Å². The highest BCUT2D eigenvalue weighted by Crippen LogP contribution is 2.30. The number of nitrogens with zero attached hydrogens (tertiary/aromatic N) is 2. The van der Waals surface area contributed by atoms with Crippen molar-refractivity contribution >= 4 is 15.9 Å². The van der Waals surface area contributed by atoms with Gasteiger partial charge in [0.2, 0.25) is 10.0 Å². The van der Waals surface area contributed by atoms with Crippen LogP contribution in [0.3, 0.4) is 0 Å². The van der Waals surface area contributed by atoms with E-state index >= 15 is 0 Å². The summed E-state index contributed by atoms with van der Waals surface area (Å²) in [6.07, 6.45) is 2.95. The SMILES string of the molecule is C[C@H]1CN2CCC[C@H]2CN1S(=O)(=O)c1ccc2c(c1)C(=O)NCC2. The molecule has 1 amide bonds. The molecule has 0 bridgehead atoms. The van der Waals surface area contributed by atoms with E-state index < -0.39 is 10.0 Å². The summed E-state index contributed by atoms with van der Waals surface area (Å²) < 4.78 is 27.9. The normalized spacial score (nSPS) is 28.3. The summed E-state index contributed by atoms with van der Waals surface area (Å²) in [5.74, 6) is -0.179. The van der Waals surface area contributed by atoms with Crippen molar-refractivity contribution < 1.29 is 13.2 Å². The lowest BCUT2D eigenvalue weighted by atomic mass is 10.0. The van der Waals surface area contributed by atoms with Crippen molar-refractivity contribution in [2.45, 2.75) is 43.2 Å². The third-order valence-electron chi connectivity index (χ3n) is 5.49. The average molecular weight is 349 g/mol. The number of carbonyl (C=O) groups is 1. The Morgan fingerprint density at radius 1 is 1.25 bits per heavy atom. The number of sulfonamides is 1. The summed E-state index contributed by atoms with van der Waals surface area (Å²) in [6, 6.07) is 5.27. The van der Waals surface area contributed by atoms with Crippen LogP contribution >= 0.6 is 0 Å². The van der Waals surface area contributed by atoms with E-state index in [0.29, 0.717) is 24.7 Å². The van der Waals surface area contributed by atoms with Crippen molar-refractivity contribution in [2.24, 2.45) is 0 Å². The molecule has 1 N–H and O–H groups in total. The van der Waals surface area contributed by atoms with E-state index in [-0.39, 0.29) is 16.8 Å². The van der Waals surface area contributed by atoms with Gasteiger partial charge >= 0.3 is 0 Å². The van der Waals surface area contributed by atoms with Crippen molar-refractivity contribution in [2.75, 3.05) is 26.2 Å². The van der Waals surface area contributed by atoms with Gasteiger partial charge in [-0.15, -0.1) is 0 Å². The number of carbonyl (C=O) groups excluding carboxylic acids is 1. The Kier molecular flexibility index (Phi) is 3.89. The molecule has 0 spiro atoms. The van der Waals surface area contributed by atoms with Crippen LogP contribution in [-0.4, -0.2) is 61.8 Å². The highest BCUT2D eigenvalue weighted by atomic mass is 32.2. The van der Waals surface area contributed by atoms with E-state index in [1.165, 1.54) is 0 Å². The van der Waals surface area contributed by atoms with Crippen molar-refractivity contribution in [3.63, 3.8) is 0 Å². The van der Waals surface area contributed by atoms with E-state index in [0.717, 1.165) is 37.9 Å². The molecule has 6 nitrogen and oxygen atoms in total. The maximum atomic E-state index is 13.2. The number of hydrogen-bond acceptors (Lipinski definition) is 4. The van der Waals surface area contributed by atoms with E-state index in [2.05, 4.69) is 10.2 Å². The van der Waals surface area contributed by atoms with Crippen LogP contribution in [-0.2, 0) is 16.4 Å². The molecule has 24 heavy (non-hydrogen) atoms. The van der Waals surface area contributed by atoms with Gasteiger partial charge in [-0.25, -0.2) is 8.42 Å². The number of benzene rings is 1. The summed E-state index contributed by atoms with van der Waals surface area (Å²) >= 11 is 0. The number of piperazine rings is 1. The van der Waals surface area contributed by atoms with Crippen LogP contribution in [0.4, 0.5) is 0 Å². The number of rotatable bonds is 2. The molecule has 1 aromatic rings. The van der Waals surface area contributed by atoms with Crippen molar-refractivity contribution in [3.05, 3.63) is 29.3 Å². The first kappa shape index (κ1) is 16.1. The van der Waals surface area contributed by atoms with Crippen LogP contribution in [0, 0.1) is 0 Å². The Labute approximate surface area is 142 Å². The highest BCUT2D eigenvalue weighted by molar-refractivity contribution is 7.89. The molecule has 1 aromatic carbocycles. The molecule has 3 aliphatic heterocycles. The summed E-state index contributed by atoms with van der Waals surface area (Å²) in [5, 5.41) is 2.78. The molecule has 0 aromatic heterocycles. The largest absolute Gasteiger partial charge is 0.352 e. The van der Waals surface area contributed by atoms with Crippen LogP contribution in [0.25, 0.3) is 0 Å². The zero-order valence-corrected chi connectivity index (χ0v) is 14.7. The second-order valence-corrected chi connectivity index (χ2v) is 8.93. The van der Waals surface area contributed by atoms with Gasteiger partial charge in [0.1, 0.15) is 0 Å². The Hall–Kier alpha value is -1.44. The second-order valence-electron chi connectivity index (χ2n) is 7.04. The minimum atomic E-state index is -3.58. The molecule has 0 saturated carbocycles. The zero-order valence-electron chi connectivity index (χ0n) is 13.9. The Morgan fingerprint density at radius 3 is 2.92 bits per heavy atom. The quantitative estimate of drug-likeness (QED) is 0.859. The fourth-order valence-electron chi connectivity index (χ4n) is 4.18. The minimum Gasteiger partial charge on any atom is -0.352 e. The van der Waals surface area contributed by atoms with Gasteiger partial charge in [0.15, 0.2) is 0 Å². The van der Waals surface area contributed by atoms with Crippen LogP contribution in [0.5, 0.6) is 0 Å².